The summed E-state index contributed by atoms with van der Waals surface area (Å²) in [6.45, 7) is 3.30. The second kappa shape index (κ2) is 8.36. The van der Waals surface area contributed by atoms with Crippen molar-refractivity contribution in [1.29, 1.82) is 0 Å². The molecular formula is C16H22N2O2. The zero-order valence-corrected chi connectivity index (χ0v) is 12.3. The molecule has 0 aliphatic rings. The molecule has 0 spiro atoms. The number of nitrogens with zero attached hydrogens (tertiary/aromatic N) is 1. The number of hydrogen-bond acceptors (Lipinski definition) is 3. The van der Waals surface area contributed by atoms with Crippen molar-refractivity contribution in [3.05, 3.63) is 35.4 Å². The van der Waals surface area contributed by atoms with Gasteiger partial charge in [0.15, 0.2) is 0 Å². The van der Waals surface area contributed by atoms with Crippen molar-refractivity contribution >= 4 is 5.91 Å². The molecule has 1 rings (SSSR count). The summed E-state index contributed by atoms with van der Waals surface area (Å²) in [5.41, 5.74) is 2.07. The fourth-order valence-corrected chi connectivity index (χ4v) is 2.01. The van der Waals surface area contributed by atoms with Crippen molar-refractivity contribution in [1.82, 2.24) is 10.2 Å². The highest BCUT2D eigenvalue weighted by molar-refractivity contribution is 5.78. The number of aliphatic hydroxyl groups excluding tert-OH is 1. The molecule has 1 aromatic rings. The van der Waals surface area contributed by atoms with Gasteiger partial charge in [-0.15, -0.1) is 0 Å². The molecule has 4 nitrogen and oxygen atoms in total. The summed E-state index contributed by atoms with van der Waals surface area (Å²) in [5.74, 6) is 5.52. The fraction of sp³-hybridized carbons (Fsp3) is 0.438. The third-order valence-electron chi connectivity index (χ3n) is 3.00. The van der Waals surface area contributed by atoms with Crippen LogP contribution in [0, 0.1) is 17.8 Å². The monoisotopic (exact) mass is 274 g/mol. The molecule has 4 heteroatoms. The Morgan fingerprint density at radius 1 is 1.40 bits per heavy atom. The molecule has 0 fully saturated rings. The van der Waals surface area contributed by atoms with Crippen LogP contribution in [-0.4, -0.2) is 43.2 Å². The van der Waals surface area contributed by atoms with E-state index < -0.39 is 0 Å². The summed E-state index contributed by atoms with van der Waals surface area (Å²) in [5, 5.41) is 11.3. The first kappa shape index (κ1) is 16.2. The second-order valence-corrected chi connectivity index (χ2v) is 4.87. The Morgan fingerprint density at radius 2 is 2.05 bits per heavy atom. The third-order valence-corrected chi connectivity index (χ3v) is 3.00. The van der Waals surface area contributed by atoms with Crippen LogP contribution in [-0.2, 0) is 11.3 Å². The molecule has 1 atom stereocenters. The maximum Gasteiger partial charge on any atom is 0.223 e. The van der Waals surface area contributed by atoms with E-state index in [0.29, 0.717) is 6.54 Å². The summed E-state index contributed by atoms with van der Waals surface area (Å²) in [4.78, 5) is 13.6. The van der Waals surface area contributed by atoms with E-state index in [1.807, 2.05) is 38.2 Å². The second-order valence-electron chi connectivity index (χ2n) is 4.87. The minimum Gasteiger partial charge on any atom is -0.384 e. The highest BCUT2D eigenvalue weighted by atomic mass is 16.2. The van der Waals surface area contributed by atoms with Gasteiger partial charge in [0.1, 0.15) is 6.61 Å². The van der Waals surface area contributed by atoms with Crippen LogP contribution in [0.4, 0.5) is 0 Å². The van der Waals surface area contributed by atoms with E-state index in [9.17, 15) is 4.79 Å². The molecule has 1 unspecified atom stereocenters. The Balaban J connectivity index is 2.53. The van der Waals surface area contributed by atoms with E-state index in [2.05, 4.69) is 22.1 Å². The van der Waals surface area contributed by atoms with Gasteiger partial charge in [0.2, 0.25) is 5.91 Å². The Labute approximate surface area is 120 Å². The largest absolute Gasteiger partial charge is 0.384 e. The number of aliphatic hydroxyl groups is 1. The number of benzene rings is 1. The van der Waals surface area contributed by atoms with Crippen LogP contribution in [0.3, 0.4) is 0 Å². The topological polar surface area (TPSA) is 52.6 Å². The molecule has 0 radical (unpaired) electrons. The van der Waals surface area contributed by atoms with Gasteiger partial charge in [0, 0.05) is 31.6 Å². The quantitative estimate of drug-likeness (QED) is 0.783. The molecule has 1 aromatic carbocycles. The Bertz CT molecular complexity index is 485. The van der Waals surface area contributed by atoms with Crippen LogP contribution in [0.2, 0.25) is 0 Å². The van der Waals surface area contributed by atoms with Crippen LogP contribution in [0.15, 0.2) is 24.3 Å². The van der Waals surface area contributed by atoms with Gasteiger partial charge in [-0.1, -0.05) is 30.9 Å². The molecule has 108 valence electrons. The number of rotatable bonds is 5. The Hall–Kier alpha value is -1.83. The number of nitrogens with one attached hydrogen (secondary N) is 1. The fourth-order valence-electron chi connectivity index (χ4n) is 2.01. The van der Waals surface area contributed by atoms with Gasteiger partial charge in [0.25, 0.3) is 0 Å². The zero-order chi connectivity index (χ0) is 15.0. The molecule has 2 N–H and O–H groups in total. The van der Waals surface area contributed by atoms with Crippen LogP contribution in [0.1, 0.15) is 18.1 Å². The first-order valence-electron chi connectivity index (χ1n) is 6.65. The van der Waals surface area contributed by atoms with Gasteiger partial charge < -0.3 is 15.3 Å². The Morgan fingerprint density at radius 3 is 2.60 bits per heavy atom. The average Bonchev–Trinajstić information content (AvgIpc) is 2.45. The van der Waals surface area contributed by atoms with Gasteiger partial charge in [-0.05, 0) is 24.7 Å². The lowest BCUT2D eigenvalue weighted by molar-refractivity contribution is -0.124. The predicted octanol–water partition coefficient (Wildman–Crippen LogP) is 0.844. The van der Waals surface area contributed by atoms with Gasteiger partial charge in [-0.25, -0.2) is 0 Å². The molecule has 0 aliphatic heterocycles. The lowest BCUT2D eigenvalue weighted by atomic mass is 10.1. The molecule has 0 aliphatic carbocycles. The standard InChI is InChI=1S/C16H22N2O2/c1-13(16(20)17-2)11-18(3)12-15-8-6-14(7-9-15)5-4-10-19/h6-9,13,19H,10-12H2,1-3H3,(H,17,20). The molecular weight excluding hydrogens is 252 g/mol. The molecule has 20 heavy (non-hydrogen) atoms. The van der Waals surface area contributed by atoms with Crippen molar-refractivity contribution in [2.45, 2.75) is 13.5 Å². The van der Waals surface area contributed by atoms with Gasteiger partial charge in [-0.2, -0.15) is 0 Å². The first-order valence-corrected chi connectivity index (χ1v) is 6.65. The van der Waals surface area contributed by atoms with Crippen molar-refractivity contribution in [3.63, 3.8) is 0 Å². The van der Waals surface area contributed by atoms with Crippen molar-refractivity contribution in [2.75, 3.05) is 27.2 Å². The van der Waals surface area contributed by atoms with Crippen LogP contribution < -0.4 is 5.32 Å². The van der Waals surface area contributed by atoms with Gasteiger partial charge in [0.05, 0.1) is 0 Å². The number of hydrogen-bond donors (Lipinski definition) is 2. The molecule has 0 bridgehead atoms. The first-order chi connectivity index (χ1) is 9.56. The number of carbonyl (C=O) groups excluding carboxylic acids is 1. The minimum atomic E-state index is -0.123. The van der Waals surface area contributed by atoms with E-state index in [1.54, 1.807) is 7.05 Å². The van der Waals surface area contributed by atoms with E-state index >= 15 is 0 Å². The van der Waals surface area contributed by atoms with Crippen molar-refractivity contribution in [2.24, 2.45) is 5.92 Å². The van der Waals surface area contributed by atoms with Gasteiger partial charge >= 0.3 is 0 Å². The minimum absolute atomic E-state index is 0.0281. The SMILES string of the molecule is CNC(=O)C(C)CN(C)Cc1ccc(C#CCO)cc1. The van der Waals surface area contributed by atoms with Crippen LogP contribution >= 0.6 is 0 Å². The lowest BCUT2D eigenvalue weighted by Crippen LogP contribution is -2.34. The lowest BCUT2D eigenvalue weighted by Gasteiger charge is -2.20. The highest BCUT2D eigenvalue weighted by Crippen LogP contribution is 2.08. The Kier molecular flexibility index (Phi) is 6.78. The summed E-state index contributed by atoms with van der Waals surface area (Å²) < 4.78 is 0. The zero-order valence-electron chi connectivity index (χ0n) is 12.3. The van der Waals surface area contributed by atoms with E-state index in [0.717, 1.165) is 12.1 Å². The van der Waals surface area contributed by atoms with E-state index in [4.69, 9.17) is 5.11 Å². The maximum absolute atomic E-state index is 11.5. The predicted molar refractivity (Wildman–Crippen MR) is 80.0 cm³/mol. The summed E-state index contributed by atoms with van der Waals surface area (Å²) in [6, 6.07) is 7.91. The number of amides is 1. The summed E-state index contributed by atoms with van der Waals surface area (Å²) in [6.07, 6.45) is 0. The van der Waals surface area contributed by atoms with Crippen LogP contribution in [0.25, 0.3) is 0 Å². The molecule has 1 amide bonds. The normalized spacial score (nSPS) is 11.7. The average molecular weight is 274 g/mol. The molecule has 0 saturated heterocycles. The van der Waals surface area contributed by atoms with E-state index in [-0.39, 0.29) is 18.4 Å². The van der Waals surface area contributed by atoms with Gasteiger partial charge in [-0.3, -0.25) is 4.79 Å². The molecule has 0 aromatic heterocycles. The smallest absolute Gasteiger partial charge is 0.223 e. The third kappa shape index (κ3) is 5.43. The van der Waals surface area contributed by atoms with Crippen molar-refractivity contribution < 1.29 is 9.90 Å². The highest BCUT2D eigenvalue weighted by Gasteiger charge is 2.13. The number of carbonyl (C=O) groups is 1. The summed E-state index contributed by atoms with van der Waals surface area (Å²) in [7, 11) is 3.66. The van der Waals surface area contributed by atoms with Crippen LogP contribution in [0.5, 0.6) is 0 Å². The van der Waals surface area contributed by atoms with Crippen molar-refractivity contribution in [3.8, 4) is 11.8 Å². The van der Waals surface area contributed by atoms with E-state index in [1.165, 1.54) is 5.56 Å². The maximum atomic E-state index is 11.5. The molecule has 0 heterocycles. The molecule has 0 saturated carbocycles. The summed E-state index contributed by atoms with van der Waals surface area (Å²) >= 11 is 0.